The molecule has 20 heavy (non-hydrogen) atoms. The van der Waals surface area contributed by atoms with E-state index < -0.39 is 0 Å². The fourth-order valence-corrected chi connectivity index (χ4v) is 2.66. The molecule has 112 valence electrons. The van der Waals surface area contributed by atoms with Gasteiger partial charge in [0.15, 0.2) is 0 Å². The van der Waals surface area contributed by atoms with Gasteiger partial charge in [0.25, 0.3) is 0 Å². The van der Waals surface area contributed by atoms with Crippen LogP contribution in [0.25, 0.3) is 0 Å². The van der Waals surface area contributed by atoms with Crippen molar-refractivity contribution in [2.45, 2.75) is 52.1 Å². The van der Waals surface area contributed by atoms with Crippen molar-refractivity contribution < 1.29 is 4.92 Å². The van der Waals surface area contributed by atoms with Gasteiger partial charge in [-0.3, -0.25) is 10.1 Å². The molecule has 2 rings (SSSR count). The monoisotopic (exact) mass is 281 g/mol. The van der Waals surface area contributed by atoms with Gasteiger partial charge in [-0.2, -0.15) is 5.10 Å². The van der Waals surface area contributed by atoms with E-state index in [9.17, 15) is 10.1 Å². The van der Waals surface area contributed by atoms with Gasteiger partial charge in [0, 0.05) is 12.6 Å². The molecule has 1 saturated heterocycles. The zero-order chi connectivity index (χ0) is 14.5. The molecule has 0 bridgehead atoms. The van der Waals surface area contributed by atoms with E-state index in [2.05, 4.69) is 15.7 Å². The summed E-state index contributed by atoms with van der Waals surface area (Å²) in [5, 5.41) is 22.3. The van der Waals surface area contributed by atoms with Gasteiger partial charge >= 0.3 is 5.69 Å². The second kappa shape index (κ2) is 6.69. The number of aromatic nitrogens is 2. The average Bonchev–Trinajstić information content (AvgIpc) is 2.57. The summed E-state index contributed by atoms with van der Waals surface area (Å²) in [6.07, 6.45) is 4.00. The number of anilines is 1. The number of nitrogens with zero attached hydrogens (tertiary/aromatic N) is 3. The lowest BCUT2D eigenvalue weighted by molar-refractivity contribution is -0.384. The molecule has 0 radical (unpaired) electrons. The third kappa shape index (κ3) is 3.27. The predicted molar refractivity (Wildman–Crippen MR) is 78.0 cm³/mol. The van der Waals surface area contributed by atoms with Crippen LogP contribution in [0.1, 0.15) is 38.3 Å². The van der Waals surface area contributed by atoms with Gasteiger partial charge in [0.05, 0.1) is 4.92 Å². The second-order valence-corrected chi connectivity index (χ2v) is 5.29. The average molecular weight is 281 g/mol. The predicted octanol–water partition coefficient (Wildman–Crippen LogP) is 2.06. The maximum Gasteiger partial charge on any atom is 0.333 e. The third-order valence-corrected chi connectivity index (χ3v) is 3.63. The van der Waals surface area contributed by atoms with Gasteiger partial charge in [-0.05, 0) is 45.7 Å². The summed E-state index contributed by atoms with van der Waals surface area (Å²) in [6.45, 7) is 6.41. The molecule has 1 fully saturated rings. The van der Waals surface area contributed by atoms with Gasteiger partial charge in [-0.1, -0.05) is 6.92 Å². The molecule has 0 aromatic carbocycles. The van der Waals surface area contributed by atoms with Gasteiger partial charge in [-0.25, -0.2) is 4.68 Å². The highest BCUT2D eigenvalue weighted by Gasteiger charge is 2.27. The minimum absolute atomic E-state index is 0.121. The number of aryl methyl sites for hydroxylation is 2. The minimum Gasteiger partial charge on any atom is -0.362 e. The summed E-state index contributed by atoms with van der Waals surface area (Å²) in [6, 6.07) is 0.274. The van der Waals surface area contributed by atoms with Crippen molar-refractivity contribution in [1.29, 1.82) is 0 Å². The van der Waals surface area contributed by atoms with Crippen LogP contribution in [0.2, 0.25) is 0 Å². The lowest BCUT2D eigenvalue weighted by atomic mass is 10.1. The van der Waals surface area contributed by atoms with E-state index in [1.54, 1.807) is 11.6 Å². The first-order valence-electron chi connectivity index (χ1n) is 7.32. The maximum atomic E-state index is 11.3. The first kappa shape index (κ1) is 14.8. The van der Waals surface area contributed by atoms with E-state index >= 15 is 0 Å². The molecule has 1 atom stereocenters. The van der Waals surface area contributed by atoms with Crippen molar-refractivity contribution in [3.05, 3.63) is 15.8 Å². The van der Waals surface area contributed by atoms with Crippen molar-refractivity contribution in [1.82, 2.24) is 15.1 Å². The van der Waals surface area contributed by atoms with Crippen molar-refractivity contribution in [3.8, 4) is 0 Å². The molecule has 7 nitrogen and oxygen atoms in total. The highest BCUT2D eigenvalue weighted by atomic mass is 16.6. The van der Waals surface area contributed by atoms with Crippen molar-refractivity contribution in [2.75, 3.05) is 18.4 Å². The van der Waals surface area contributed by atoms with Crippen LogP contribution in [-0.4, -0.2) is 33.8 Å². The largest absolute Gasteiger partial charge is 0.362 e. The highest BCUT2D eigenvalue weighted by Crippen LogP contribution is 2.30. The Balaban J connectivity index is 2.24. The molecule has 1 aromatic heterocycles. The highest BCUT2D eigenvalue weighted by molar-refractivity contribution is 5.60. The Hall–Kier alpha value is -1.63. The molecule has 7 heteroatoms. The van der Waals surface area contributed by atoms with E-state index in [0.29, 0.717) is 18.1 Å². The first-order chi connectivity index (χ1) is 9.63. The standard InChI is InChI=1S/C13H23N5O2/c1-3-9-17-13(12(18(19)20)10(2)16-17)15-11-5-4-7-14-8-6-11/h11,14-15H,3-9H2,1-2H3. The Kier molecular flexibility index (Phi) is 4.94. The van der Waals surface area contributed by atoms with Crippen LogP contribution in [0.5, 0.6) is 0 Å². The lowest BCUT2D eigenvalue weighted by Crippen LogP contribution is -2.23. The minimum atomic E-state index is -0.328. The molecule has 1 unspecified atom stereocenters. The molecule has 0 amide bonds. The van der Waals surface area contributed by atoms with Crippen LogP contribution in [0.4, 0.5) is 11.5 Å². The van der Waals surface area contributed by atoms with E-state index in [-0.39, 0.29) is 16.7 Å². The molecule has 1 aliphatic heterocycles. The Morgan fingerprint density at radius 3 is 3.00 bits per heavy atom. The summed E-state index contributed by atoms with van der Waals surface area (Å²) >= 11 is 0. The Bertz CT molecular complexity index is 464. The quantitative estimate of drug-likeness (QED) is 0.637. The molecule has 2 heterocycles. The lowest BCUT2D eigenvalue weighted by Gasteiger charge is -2.17. The van der Waals surface area contributed by atoms with Gasteiger partial charge < -0.3 is 10.6 Å². The van der Waals surface area contributed by atoms with E-state index in [4.69, 9.17) is 0 Å². The SMILES string of the molecule is CCCn1nc(C)c([N+](=O)[O-])c1NC1CCCNCC1. The van der Waals surface area contributed by atoms with Crippen LogP contribution < -0.4 is 10.6 Å². The van der Waals surface area contributed by atoms with Gasteiger partial charge in [0.1, 0.15) is 5.69 Å². The number of rotatable bonds is 5. The molecular formula is C13H23N5O2. The van der Waals surface area contributed by atoms with E-state index in [0.717, 1.165) is 38.8 Å². The number of hydrogen-bond donors (Lipinski definition) is 2. The van der Waals surface area contributed by atoms with Gasteiger partial charge in [-0.15, -0.1) is 0 Å². The summed E-state index contributed by atoms with van der Waals surface area (Å²) in [5.74, 6) is 0.571. The first-order valence-corrected chi connectivity index (χ1v) is 7.32. The van der Waals surface area contributed by atoms with Crippen molar-refractivity contribution in [3.63, 3.8) is 0 Å². The van der Waals surface area contributed by atoms with Crippen LogP contribution >= 0.6 is 0 Å². The maximum absolute atomic E-state index is 11.3. The molecule has 1 aromatic rings. The molecule has 0 saturated carbocycles. The number of nitro groups is 1. The summed E-state index contributed by atoms with van der Waals surface area (Å²) in [7, 11) is 0. The van der Waals surface area contributed by atoms with Gasteiger partial charge in [0.2, 0.25) is 5.82 Å². The summed E-state index contributed by atoms with van der Waals surface area (Å²) in [4.78, 5) is 10.9. The Morgan fingerprint density at radius 1 is 1.50 bits per heavy atom. The fourth-order valence-electron chi connectivity index (χ4n) is 2.66. The van der Waals surface area contributed by atoms with Crippen molar-refractivity contribution >= 4 is 11.5 Å². The molecule has 0 aliphatic carbocycles. The fraction of sp³-hybridized carbons (Fsp3) is 0.769. The van der Waals surface area contributed by atoms with Crippen molar-refractivity contribution in [2.24, 2.45) is 0 Å². The Morgan fingerprint density at radius 2 is 2.30 bits per heavy atom. The molecular weight excluding hydrogens is 258 g/mol. The summed E-state index contributed by atoms with van der Waals surface area (Å²) < 4.78 is 1.74. The normalized spacial score (nSPS) is 19.6. The van der Waals surface area contributed by atoms with Crippen LogP contribution in [0.15, 0.2) is 0 Å². The van der Waals surface area contributed by atoms with Crippen LogP contribution in [0.3, 0.4) is 0 Å². The third-order valence-electron chi connectivity index (χ3n) is 3.63. The number of nitrogens with one attached hydrogen (secondary N) is 2. The number of hydrogen-bond acceptors (Lipinski definition) is 5. The Labute approximate surface area is 118 Å². The summed E-state index contributed by atoms with van der Waals surface area (Å²) in [5.41, 5.74) is 0.605. The van der Waals surface area contributed by atoms with E-state index in [1.807, 2.05) is 6.92 Å². The van der Waals surface area contributed by atoms with E-state index in [1.165, 1.54) is 0 Å². The smallest absolute Gasteiger partial charge is 0.333 e. The zero-order valence-electron chi connectivity index (χ0n) is 12.2. The molecule has 1 aliphatic rings. The molecule has 0 spiro atoms. The molecule has 2 N–H and O–H groups in total. The topological polar surface area (TPSA) is 85.0 Å². The second-order valence-electron chi connectivity index (χ2n) is 5.29. The van der Waals surface area contributed by atoms with Crippen LogP contribution in [-0.2, 0) is 6.54 Å². The zero-order valence-corrected chi connectivity index (χ0v) is 12.2. The van der Waals surface area contributed by atoms with Crippen LogP contribution in [0, 0.1) is 17.0 Å².